The van der Waals surface area contributed by atoms with Crippen LogP contribution in [0.15, 0.2) is 24.3 Å². The molecule has 1 aromatic rings. The van der Waals surface area contributed by atoms with Gasteiger partial charge >= 0.3 is 0 Å². The van der Waals surface area contributed by atoms with E-state index in [1.807, 2.05) is 0 Å². The molecule has 3 heteroatoms. The summed E-state index contributed by atoms with van der Waals surface area (Å²) >= 11 is 0. The Hall–Kier alpha value is -0.900. The number of nitrogens with zero attached hydrogens (tertiary/aromatic N) is 1. The smallest absolute Gasteiger partial charge is 0.0721 e. The summed E-state index contributed by atoms with van der Waals surface area (Å²) in [5, 5.41) is 3.58. The molecule has 0 aromatic heterocycles. The van der Waals surface area contributed by atoms with Crippen molar-refractivity contribution < 1.29 is 4.74 Å². The van der Waals surface area contributed by atoms with Crippen molar-refractivity contribution in [1.82, 2.24) is 10.2 Å². The fraction of sp³-hybridized carbons (Fsp3) is 0.571. The number of hydrogen-bond donors (Lipinski definition) is 1. The zero-order valence-electron chi connectivity index (χ0n) is 10.8. The molecule has 1 aliphatic rings. The molecule has 1 heterocycles. The molecule has 1 aliphatic heterocycles. The highest BCUT2D eigenvalue weighted by molar-refractivity contribution is 5.30. The molecule has 0 radical (unpaired) electrons. The summed E-state index contributed by atoms with van der Waals surface area (Å²) in [5.41, 5.74) is 2.72. The van der Waals surface area contributed by atoms with Crippen LogP contribution in [-0.4, -0.2) is 38.2 Å². The predicted molar refractivity (Wildman–Crippen MR) is 70.0 cm³/mol. The fourth-order valence-corrected chi connectivity index (χ4v) is 2.14. The van der Waals surface area contributed by atoms with Crippen molar-refractivity contribution in [2.24, 2.45) is 0 Å². The summed E-state index contributed by atoms with van der Waals surface area (Å²) < 4.78 is 5.62. The number of nitrogens with one attached hydrogen (secondary N) is 1. The van der Waals surface area contributed by atoms with Crippen LogP contribution in [0.5, 0.6) is 0 Å². The number of benzene rings is 1. The van der Waals surface area contributed by atoms with Crippen LogP contribution in [0.4, 0.5) is 0 Å². The van der Waals surface area contributed by atoms with Crippen LogP contribution >= 0.6 is 0 Å². The number of likely N-dealkylation sites (N-methyl/N-ethyl adjacent to an activating group) is 1. The molecule has 1 aromatic carbocycles. The molecule has 3 nitrogen and oxygen atoms in total. The minimum Gasteiger partial charge on any atom is -0.375 e. The average Bonchev–Trinajstić information content (AvgIpc) is 2.39. The van der Waals surface area contributed by atoms with Crippen LogP contribution in [0, 0.1) is 0 Å². The van der Waals surface area contributed by atoms with Gasteiger partial charge in [0.2, 0.25) is 0 Å². The van der Waals surface area contributed by atoms with Gasteiger partial charge in [-0.25, -0.2) is 0 Å². The highest BCUT2D eigenvalue weighted by Gasteiger charge is 2.19. The maximum atomic E-state index is 5.62. The maximum Gasteiger partial charge on any atom is 0.0721 e. The van der Waals surface area contributed by atoms with Gasteiger partial charge < -0.3 is 15.0 Å². The molecule has 1 atom stereocenters. The van der Waals surface area contributed by atoms with Gasteiger partial charge in [-0.3, -0.25) is 0 Å². The normalized spacial score (nSPS) is 19.4. The number of hydrogen-bond acceptors (Lipinski definition) is 3. The summed E-state index contributed by atoms with van der Waals surface area (Å²) in [6, 6.07) is 8.90. The second-order valence-electron chi connectivity index (χ2n) is 4.62. The summed E-state index contributed by atoms with van der Waals surface area (Å²) in [6.45, 7) is 6.90. The number of fused-ring (bicyclic) bond motifs is 1. The molecule has 17 heavy (non-hydrogen) atoms. The van der Waals surface area contributed by atoms with Crippen molar-refractivity contribution in [3.8, 4) is 0 Å². The lowest BCUT2D eigenvalue weighted by Gasteiger charge is -2.27. The van der Waals surface area contributed by atoms with Gasteiger partial charge in [0.1, 0.15) is 0 Å². The van der Waals surface area contributed by atoms with E-state index in [0.29, 0.717) is 6.04 Å². The van der Waals surface area contributed by atoms with Gasteiger partial charge in [0.25, 0.3) is 0 Å². The first-order chi connectivity index (χ1) is 8.31. The Bertz CT molecular complexity index is 354. The minimum atomic E-state index is 0.352. The van der Waals surface area contributed by atoms with Crippen molar-refractivity contribution in [2.45, 2.75) is 19.6 Å². The summed E-state index contributed by atoms with van der Waals surface area (Å²) in [4.78, 5) is 2.31. The third-order valence-corrected chi connectivity index (χ3v) is 3.40. The molecule has 0 aliphatic carbocycles. The lowest BCUT2D eigenvalue weighted by Crippen LogP contribution is -2.35. The van der Waals surface area contributed by atoms with E-state index in [1.54, 1.807) is 0 Å². The lowest BCUT2D eigenvalue weighted by molar-refractivity contribution is 0.0815. The summed E-state index contributed by atoms with van der Waals surface area (Å²) in [5.74, 6) is 0. The molecular formula is C14H22N2O. The van der Waals surface area contributed by atoms with Crippen molar-refractivity contribution in [3.05, 3.63) is 35.4 Å². The van der Waals surface area contributed by atoms with Gasteiger partial charge in [-0.05, 0) is 24.7 Å². The average molecular weight is 234 g/mol. The molecule has 0 saturated carbocycles. The lowest BCUT2D eigenvalue weighted by atomic mass is 9.99. The maximum absolute atomic E-state index is 5.62. The Labute approximate surface area is 104 Å². The van der Waals surface area contributed by atoms with Gasteiger partial charge in [0.05, 0.1) is 19.3 Å². The zero-order chi connectivity index (χ0) is 12.1. The quantitative estimate of drug-likeness (QED) is 0.841. The van der Waals surface area contributed by atoms with E-state index in [4.69, 9.17) is 4.74 Å². The number of ether oxygens (including phenoxy) is 1. The first-order valence-electron chi connectivity index (χ1n) is 6.38. The highest BCUT2D eigenvalue weighted by Crippen LogP contribution is 2.23. The van der Waals surface area contributed by atoms with Gasteiger partial charge in [-0.1, -0.05) is 31.2 Å². The monoisotopic (exact) mass is 234 g/mol. The first kappa shape index (κ1) is 12.6. The van der Waals surface area contributed by atoms with E-state index >= 15 is 0 Å². The van der Waals surface area contributed by atoms with E-state index in [-0.39, 0.29) is 0 Å². The van der Waals surface area contributed by atoms with Crippen molar-refractivity contribution >= 4 is 0 Å². The molecule has 1 unspecified atom stereocenters. The Kier molecular flexibility index (Phi) is 4.54. The second kappa shape index (κ2) is 6.15. The van der Waals surface area contributed by atoms with E-state index in [0.717, 1.165) is 32.8 Å². The molecule has 0 amide bonds. The Morgan fingerprint density at radius 3 is 3.06 bits per heavy atom. The standard InChI is InChI=1S/C14H22N2O/c1-3-16(2)9-8-15-14-11-17-10-12-6-4-5-7-13(12)14/h4-7,14-15H,3,8-11H2,1-2H3. The zero-order valence-corrected chi connectivity index (χ0v) is 10.8. The van der Waals surface area contributed by atoms with E-state index in [2.05, 4.69) is 48.5 Å². The van der Waals surface area contributed by atoms with Crippen LogP contribution in [0.25, 0.3) is 0 Å². The Morgan fingerprint density at radius 2 is 2.24 bits per heavy atom. The third kappa shape index (κ3) is 3.28. The molecule has 94 valence electrons. The first-order valence-corrected chi connectivity index (χ1v) is 6.38. The molecular weight excluding hydrogens is 212 g/mol. The summed E-state index contributed by atoms with van der Waals surface area (Å²) in [6.07, 6.45) is 0. The van der Waals surface area contributed by atoms with Crippen molar-refractivity contribution in [1.29, 1.82) is 0 Å². The van der Waals surface area contributed by atoms with Crippen LogP contribution in [0.3, 0.4) is 0 Å². The molecule has 0 saturated heterocycles. The van der Waals surface area contributed by atoms with Gasteiger partial charge in [-0.2, -0.15) is 0 Å². The van der Waals surface area contributed by atoms with Gasteiger partial charge in [0, 0.05) is 13.1 Å². The molecule has 2 rings (SSSR count). The van der Waals surface area contributed by atoms with Crippen LogP contribution < -0.4 is 5.32 Å². The topological polar surface area (TPSA) is 24.5 Å². The van der Waals surface area contributed by atoms with Crippen LogP contribution in [-0.2, 0) is 11.3 Å². The Morgan fingerprint density at radius 1 is 1.41 bits per heavy atom. The van der Waals surface area contributed by atoms with E-state index in [9.17, 15) is 0 Å². The Balaban J connectivity index is 1.90. The second-order valence-corrected chi connectivity index (χ2v) is 4.62. The van der Waals surface area contributed by atoms with Crippen LogP contribution in [0.2, 0.25) is 0 Å². The molecule has 0 fully saturated rings. The molecule has 0 spiro atoms. The molecule has 1 N–H and O–H groups in total. The highest BCUT2D eigenvalue weighted by atomic mass is 16.5. The van der Waals surface area contributed by atoms with E-state index in [1.165, 1.54) is 11.1 Å². The van der Waals surface area contributed by atoms with E-state index < -0.39 is 0 Å². The summed E-state index contributed by atoms with van der Waals surface area (Å²) in [7, 11) is 2.15. The fourth-order valence-electron chi connectivity index (χ4n) is 2.14. The number of rotatable bonds is 5. The van der Waals surface area contributed by atoms with Crippen molar-refractivity contribution in [3.63, 3.8) is 0 Å². The SMILES string of the molecule is CCN(C)CCNC1COCc2ccccc21. The minimum absolute atomic E-state index is 0.352. The van der Waals surface area contributed by atoms with Crippen molar-refractivity contribution in [2.75, 3.05) is 33.3 Å². The molecule has 0 bridgehead atoms. The van der Waals surface area contributed by atoms with Gasteiger partial charge in [0.15, 0.2) is 0 Å². The third-order valence-electron chi connectivity index (χ3n) is 3.40. The predicted octanol–water partition coefficient (Wildman–Crippen LogP) is 1.80. The van der Waals surface area contributed by atoms with Crippen LogP contribution in [0.1, 0.15) is 24.1 Å². The largest absolute Gasteiger partial charge is 0.375 e. The van der Waals surface area contributed by atoms with Gasteiger partial charge in [-0.15, -0.1) is 0 Å².